The quantitative estimate of drug-likeness (QED) is 0.363. The number of pyridine rings is 1. The van der Waals surface area contributed by atoms with E-state index in [0.29, 0.717) is 16.4 Å². The Morgan fingerprint density at radius 1 is 0.949 bits per heavy atom. The third-order valence-electron chi connectivity index (χ3n) is 6.37. The standard InChI is InChI=1S/C27H31N9O2S/c1-27(2,3)36-11-9-19(17-36)25(38)28-16-24(37)32-26-31-21(18-39-26)20-6-4-7-22(30-20)34-12-14-35(15-13-34)23-8-5-10-29-33-23/h4-11,17-18H,12-16H2,1-3H3,(H,28,38)(H,31,32,37). The topological polar surface area (TPSA) is 121 Å². The maximum absolute atomic E-state index is 12.4. The average Bonchev–Trinajstić information content (AvgIpc) is 3.63. The molecule has 0 aromatic carbocycles. The van der Waals surface area contributed by atoms with Crippen LogP contribution in [0.1, 0.15) is 31.1 Å². The van der Waals surface area contributed by atoms with E-state index >= 15 is 0 Å². The van der Waals surface area contributed by atoms with Crippen molar-refractivity contribution in [2.24, 2.45) is 0 Å². The van der Waals surface area contributed by atoms with Crippen molar-refractivity contribution in [3.05, 3.63) is 65.9 Å². The van der Waals surface area contributed by atoms with Crippen LogP contribution in [0.4, 0.5) is 16.8 Å². The second kappa shape index (κ2) is 11.2. The van der Waals surface area contributed by atoms with Crippen molar-refractivity contribution >= 4 is 39.9 Å². The molecule has 12 heteroatoms. The van der Waals surface area contributed by atoms with E-state index in [1.807, 2.05) is 46.5 Å². The van der Waals surface area contributed by atoms with Gasteiger partial charge in [0.25, 0.3) is 5.91 Å². The normalized spacial score (nSPS) is 13.8. The zero-order valence-electron chi connectivity index (χ0n) is 22.2. The van der Waals surface area contributed by atoms with E-state index in [4.69, 9.17) is 4.98 Å². The number of anilines is 3. The summed E-state index contributed by atoms with van der Waals surface area (Å²) in [7, 11) is 0. The van der Waals surface area contributed by atoms with Crippen molar-refractivity contribution < 1.29 is 9.59 Å². The van der Waals surface area contributed by atoms with Crippen LogP contribution in [0.15, 0.2) is 60.4 Å². The third-order valence-corrected chi connectivity index (χ3v) is 7.13. The van der Waals surface area contributed by atoms with Gasteiger partial charge in [-0.2, -0.15) is 5.10 Å². The van der Waals surface area contributed by atoms with E-state index in [1.165, 1.54) is 11.3 Å². The monoisotopic (exact) mass is 545 g/mol. The molecule has 0 spiro atoms. The Morgan fingerprint density at radius 2 is 1.69 bits per heavy atom. The number of thiazole rings is 1. The third kappa shape index (κ3) is 6.40. The molecule has 0 bridgehead atoms. The van der Waals surface area contributed by atoms with E-state index in [0.717, 1.165) is 43.5 Å². The molecule has 0 unspecified atom stereocenters. The fraction of sp³-hybridized carbons (Fsp3) is 0.333. The number of aromatic nitrogens is 5. The van der Waals surface area contributed by atoms with E-state index in [2.05, 4.69) is 56.4 Å². The van der Waals surface area contributed by atoms with E-state index in [9.17, 15) is 9.59 Å². The summed E-state index contributed by atoms with van der Waals surface area (Å²) in [5, 5.41) is 15.9. The van der Waals surface area contributed by atoms with Gasteiger partial charge in [-0.05, 0) is 51.1 Å². The van der Waals surface area contributed by atoms with Gasteiger partial charge in [0.05, 0.1) is 17.8 Å². The second-order valence-corrected chi connectivity index (χ2v) is 11.0. The molecular formula is C27H31N9O2S. The Labute approximate surface area is 230 Å². The van der Waals surface area contributed by atoms with Gasteiger partial charge in [0, 0.05) is 55.7 Å². The van der Waals surface area contributed by atoms with Gasteiger partial charge in [-0.1, -0.05) is 6.07 Å². The van der Waals surface area contributed by atoms with Crippen LogP contribution in [0.2, 0.25) is 0 Å². The molecular weight excluding hydrogens is 514 g/mol. The van der Waals surface area contributed by atoms with Gasteiger partial charge < -0.3 is 25.0 Å². The lowest BCUT2D eigenvalue weighted by atomic mass is 10.1. The number of amides is 2. The summed E-state index contributed by atoms with van der Waals surface area (Å²) in [4.78, 5) is 38.7. The number of nitrogens with zero attached hydrogens (tertiary/aromatic N) is 7. The number of carbonyl (C=O) groups is 2. The van der Waals surface area contributed by atoms with Gasteiger partial charge in [0.15, 0.2) is 10.9 Å². The minimum atomic E-state index is -0.345. The molecule has 1 saturated heterocycles. The number of hydrogen-bond acceptors (Lipinski definition) is 9. The molecule has 0 saturated carbocycles. The van der Waals surface area contributed by atoms with E-state index in [1.54, 1.807) is 18.5 Å². The van der Waals surface area contributed by atoms with Crippen molar-refractivity contribution in [1.29, 1.82) is 0 Å². The minimum absolute atomic E-state index is 0.125. The van der Waals surface area contributed by atoms with Crippen molar-refractivity contribution in [1.82, 2.24) is 30.0 Å². The van der Waals surface area contributed by atoms with Crippen LogP contribution in [-0.2, 0) is 10.3 Å². The molecule has 39 heavy (non-hydrogen) atoms. The highest BCUT2D eigenvalue weighted by molar-refractivity contribution is 7.14. The lowest BCUT2D eigenvalue weighted by molar-refractivity contribution is -0.115. The van der Waals surface area contributed by atoms with Crippen molar-refractivity contribution in [2.75, 3.05) is 47.8 Å². The summed E-state index contributed by atoms with van der Waals surface area (Å²) in [5.41, 5.74) is 1.80. The molecule has 5 heterocycles. The van der Waals surface area contributed by atoms with Gasteiger partial charge >= 0.3 is 0 Å². The highest BCUT2D eigenvalue weighted by Gasteiger charge is 2.20. The first-order valence-corrected chi connectivity index (χ1v) is 13.6. The first-order chi connectivity index (χ1) is 18.8. The summed E-state index contributed by atoms with van der Waals surface area (Å²) in [6.45, 7) is 9.31. The van der Waals surface area contributed by atoms with E-state index in [-0.39, 0.29) is 23.9 Å². The Balaban J connectivity index is 1.14. The van der Waals surface area contributed by atoms with Gasteiger partial charge in [-0.15, -0.1) is 16.4 Å². The first kappa shape index (κ1) is 26.3. The van der Waals surface area contributed by atoms with E-state index < -0.39 is 0 Å². The fourth-order valence-electron chi connectivity index (χ4n) is 4.19. The fourth-order valence-corrected chi connectivity index (χ4v) is 4.91. The van der Waals surface area contributed by atoms with Crippen LogP contribution in [0.5, 0.6) is 0 Å². The minimum Gasteiger partial charge on any atom is -0.353 e. The Kier molecular flexibility index (Phi) is 7.55. The van der Waals surface area contributed by atoms with Gasteiger partial charge in [-0.3, -0.25) is 9.59 Å². The van der Waals surface area contributed by atoms with Crippen molar-refractivity contribution in [3.63, 3.8) is 0 Å². The number of piperazine rings is 1. The maximum Gasteiger partial charge on any atom is 0.253 e. The molecule has 0 atom stereocenters. The molecule has 1 aliphatic rings. The molecule has 0 aliphatic carbocycles. The Hall–Kier alpha value is -4.32. The molecule has 2 N–H and O–H groups in total. The lowest BCUT2D eigenvalue weighted by Crippen LogP contribution is -2.47. The maximum atomic E-state index is 12.4. The molecule has 2 amide bonds. The summed E-state index contributed by atoms with van der Waals surface area (Å²) in [5.74, 6) is 1.12. The van der Waals surface area contributed by atoms with Crippen LogP contribution >= 0.6 is 11.3 Å². The molecule has 1 fully saturated rings. The first-order valence-electron chi connectivity index (χ1n) is 12.7. The van der Waals surface area contributed by atoms with Crippen LogP contribution in [0.3, 0.4) is 0 Å². The summed E-state index contributed by atoms with van der Waals surface area (Å²) >= 11 is 1.32. The second-order valence-electron chi connectivity index (χ2n) is 10.2. The predicted molar refractivity (Wildman–Crippen MR) is 152 cm³/mol. The largest absolute Gasteiger partial charge is 0.353 e. The molecule has 1 aliphatic heterocycles. The number of hydrogen-bond donors (Lipinski definition) is 2. The van der Waals surface area contributed by atoms with Crippen molar-refractivity contribution in [3.8, 4) is 11.4 Å². The highest BCUT2D eigenvalue weighted by Crippen LogP contribution is 2.26. The van der Waals surface area contributed by atoms with Crippen LogP contribution in [-0.4, -0.2) is 69.3 Å². The zero-order chi connectivity index (χ0) is 27.4. The van der Waals surface area contributed by atoms with Crippen molar-refractivity contribution in [2.45, 2.75) is 26.3 Å². The molecule has 11 nitrogen and oxygen atoms in total. The van der Waals surface area contributed by atoms with Gasteiger partial charge in [0.1, 0.15) is 11.5 Å². The summed E-state index contributed by atoms with van der Waals surface area (Å²) in [6.07, 6.45) is 5.31. The number of nitrogens with one attached hydrogen (secondary N) is 2. The zero-order valence-corrected chi connectivity index (χ0v) is 23.0. The highest BCUT2D eigenvalue weighted by atomic mass is 32.1. The molecule has 0 radical (unpaired) electrons. The predicted octanol–water partition coefficient (Wildman–Crippen LogP) is 3.25. The lowest BCUT2D eigenvalue weighted by Gasteiger charge is -2.35. The molecule has 202 valence electrons. The number of rotatable bonds is 7. The van der Waals surface area contributed by atoms with Crippen LogP contribution < -0.4 is 20.4 Å². The smallest absolute Gasteiger partial charge is 0.253 e. The molecule has 4 aromatic rings. The van der Waals surface area contributed by atoms with Gasteiger partial charge in [-0.25, -0.2) is 9.97 Å². The Bertz CT molecular complexity index is 1440. The average molecular weight is 546 g/mol. The summed E-state index contributed by atoms with van der Waals surface area (Å²) < 4.78 is 1.96. The molecule has 4 aromatic heterocycles. The Morgan fingerprint density at radius 3 is 2.38 bits per heavy atom. The van der Waals surface area contributed by atoms with Crippen LogP contribution in [0, 0.1) is 0 Å². The van der Waals surface area contributed by atoms with Gasteiger partial charge in [0.2, 0.25) is 5.91 Å². The summed E-state index contributed by atoms with van der Waals surface area (Å²) in [6, 6.07) is 11.5. The molecule has 5 rings (SSSR count). The SMILES string of the molecule is CC(C)(C)n1ccc(C(=O)NCC(=O)Nc2nc(-c3cccc(N4CCN(c5cccnn5)CC4)n3)cs2)c1. The number of carbonyl (C=O) groups excluding carboxylic acids is 2. The van der Waals surface area contributed by atoms with Crippen LogP contribution in [0.25, 0.3) is 11.4 Å².